The van der Waals surface area contributed by atoms with Gasteiger partial charge >= 0.3 is 0 Å². The van der Waals surface area contributed by atoms with Crippen LogP contribution in [-0.2, 0) is 21.7 Å². The third-order valence-corrected chi connectivity index (χ3v) is 24.0. The van der Waals surface area contributed by atoms with Crippen LogP contribution in [0.1, 0.15) is 101 Å². The molecule has 16 aromatic rings. The zero-order chi connectivity index (χ0) is 76.2. The Hall–Kier alpha value is -12.8. The number of rotatable bonds is 12. The van der Waals surface area contributed by atoms with Gasteiger partial charge in [0.1, 0.15) is 0 Å². The number of fused-ring (bicyclic) bond motifs is 7. The molecule has 0 aromatic heterocycles. The van der Waals surface area contributed by atoms with E-state index in [1.807, 2.05) is 0 Å². The van der Waals surface area contributed by atoms with Gasteiger partial charge in [0.15, 0.2) is 0 Å². The number of benzene rings is 16. The first-order chi connectivity index (χ1) is 54.5. The van der Waals surface area contributed by atoms with Crippen LogP contribution in [0.4, 0.5) is 34.1 Å². The minimum atomic E-state index is -0.738. The van der Waals surface area contributed by atoms with Gasteiger partial charge in [-0.25, -0.2) is 0 Å². The highest BCUT2D eigenvalue weighted by molar-refractivity contribution is 7.00. The smallest absolute Gasteiger partial charge is 0.252 e. The molecule has 0 atom stereocenters. The lowest BCUT2D eigenvalue weighted by Crippen LogP contribution is -2.61. The van der Waals surface area contributed by atoms with Crippen molar-refractivity contribution >= 4 is 57.2 Å². The standard InChI is InChI=1S/C109H89BN2/c1-106(2,3)83-59-55-73(56-60-83)78-58-62-98-97(67-78)110-96-61-57-79(80-63-86(107(4,5)6)71-87(64-80)108(7,8)9)68-99(96)112(105-93(76-41-23-13-24-42-76)65-81(72-35-17-10-18-36-72)66-94(105)77-43-25-14-26-44-77)101-70-82(69-100(103(101)110)111(98)104-89(74-37-19-11-20-38-74)51-34-52-90(104)75-39-21-12-22-40-75)88-50-33-53-92-91-49-31-32-54-95(91)109(102(88)92,84-45-27-15-28-46-84)85-47-29-16-30-48-85/h10-71H,1-9H3. The van der Waals surface area contributed by atoms with E-state index in [0.29, 0.717) is 0 Å². The Morgan fingerprint density at radius 1 is 0.223 bits per heavy atom. The Labute approximate surface area is 661 Å². The first-order valence-electron chi connectivity index (χ1n) is 39.7. The van der Waals surface area contributed by atoms with Crippen LogP contribution in [0, 0.1) is 0 Å². The quantitative estimate of drug-likeness (QED) is 0.113. The van der Waals surface area contributed by atoms with Crippen molar-refractivity contribution in [2.24, 2.45) is 0 Å². The predicted molar refractivity (Wildman–Crippen MR) is 477 cm³/mol. The molecule has 0 spiro atoms. The lowest BCUT2D eigenvalue weighted by Gasteiger charge is -2.46. The van der Waals surface area contributed by atoms with E-state index in [9.17, 15) is 0 Å². The summed E-state index contributed by atoms with van der Waals surface area (Å²) in [5.74, 6) is 0. The number of hydrogen-bond donors (Lipinski definition) is 0. The first kappa shape index (κ1) is 69.6. The molecule has 0 bridgehead atoms. The van der Waals surface area contributed by atoms with Gasteiger partial charge < -0.3 is 9.80 Å². The molecule has 0 radical (unpaired) electrons. The third-order valence-electron chi connectivity index (χ3n) is 24.0. The average Bonchev–Trinajstić information content (AvgIpc) is 0.983. The van der Waals surface area contributed by atoms with Crippen molar-refractivity contribution in [3.8, 4) is 100 Å². The Bertz CT molecular complexity index is 6080. The van der Waals surface area contributed by atoms with Crippen molar-refractivity contribution in [3.63, 3.8) is 0 Å². The molecular weight excluding hydrogens is 1350 g/mol. The molecule has 538 valence electrons. The maximum Gasteiger partial charge on any atom is 0.252 e. The molecule has 3 heteroatoms. The van der Waals surface area contributed by atoms with Gasteiger partial charge in [-0.15, -0.1) is 0 Å². The molecule has 19 rings (SSSR count). The van der Waals surface area contributed by atoms with Gasteiger partial charge in [0, 0.05) is 45.0 Å². The summed E-state index contributed by atoms with van der Waals surface area (Å²) in [6.07, 6.45) is 0. The number of para-hydroxylation sites is 1. The van der Waals surface area contributed by atoms with Crippen molar-refractivity contribution in [3.05, 3.63) is 415 Å². The summed E-state index contributed by atoms with van der Waals surface area (Å²) < 4.78 is 0. The summed E-state index contributed by atoms with van der Waals surface area (Å²) in [6.45, 7) is 20.8. The SMILES string of the molecule is CC(C)(C)c1ccc(-c2ccc3c(c2)B2c4ccc(-c5cc(C(C)(C)C)cc(C(C)(C)C)c5)cc4N(c4c(-c5ccccc5)cc(-c5ccccc5)cc4-c4ccccc4)c4cc(-c5cccc6c5C(c5ccccc5)(c5ccccc5)c5ccccc5-6)cc(c42)N3c2c(-c3ccccc3)cccc2-c2ccccc2)cc1. The Balaban J connectivity index is 1.03. The predicted octanol–water partition coefficient (Wildman–Crippen LogP) is 27.4. The highest BCUT2D eigenvalue weighted by Gasteiger charge is 2.50. The van der Waals surface area contributed by atoms with Crippen LogP contribution in [0.3, 0.4) is 0 Å². The van der Waals surface area contributed by atoms with E-state index in [-0.39, 0.29) is 23.0 Å². The molecule has 16 aromatic carbocycles. The second-order valence-corrected chi connectivity index (χ2v) is 33.9. The third kappa shape index (κ3) is 11.8. The minimum absolute atomic E-state index is 0.0214. The molecule has 1 aliphatic carbocycles. The monoisotopic (exact) mass is 1440 g/mol. The average molecular weight is 1440 g/mol. The fourth-order valence-corrected chi connectivity index (χ4v) is 18.4. The lowest BCUT2D eigenvalue weighted by atomic mass is 9.33. The maximum absolute atomic E-state index is 2.76. The molecule has 2 heterocycles. The largest absolute Gasteiger partial charge is 0.310 e. The number of nitrogens with zero attached hydrogens (tertiary/aromatic N) is 2. The molecule has 3 aliphatic rings. The van der Waals surface area contributed by atoms with Crippen LogP contribution in [0.15, 0.2) is 376 Å². The fourth-order valence-electron chi connectivity index (χ4n) is 18.4. The zero-order valence-electron chi connectivity index (χ0n) is 65.3. The lowest BCUT2D eigenvalue weighted by molar-refractivity contribution is 0.569. The summed E-state index contributed by atoms with van der Waals surface area (Å²) in [4.78, 5) is 5.47. The van der Waals surface area contributed by atoms with Gasteiger partial charge in [-0.2, -0.15) is 0 Å². The van der Waals surface area contributed by atoms with Gasteiger partial charge in [0.25, 0.3) is 6.71 Å². The van der Waals surface area contributed by atoms with E-state index in [4.69, 9.17) is 0 Å². The summed E-state index contributed by atoms with van der Waals surface area (Å²) in [7, 11) is 0. The molecule has 0 saturated carbocycles. The van der Waals surface area contributed by atoms with Crippen LogP contribution in [-0.4, -0.2) is 6.71 Å². The Morgan fingerprint density at radius 3 is 1.11 bits per heavy atom. The van der Waals surface area contributed by atoms with Crippen molar-refractivity contribution in [2.75, 3.05) is 9.80 Å². The van der Waals surface area contributed by atoms with Crippen LogP contribution in [0.25, 0.3) is 100 Å². The van der Waals surface area contributed by atoms with Gasteiger partial charge in [-0.3, -0.25) is 0 Å². The minimum Gasteiger partial charge on any atom is -0.310 e. The van der Waals surface area contributed by atoms with Crippen molar-refractivity contribution in [1.82, 2.24) is 0 Å². The van der Waals surface area contributed by atoms with Gasteiger partial charge in [-0.1, -0.05) is 402 Å². The normalized spacial score (nSPS) is 13.2. The fraction of sp³-hybridized carbons (Fsp3) is 0.119. The Kier molecular flexibility index (Phi) is 17.0. The van der Waals surface area contributed by atoms with Gasteiger partial charge in [0.2, 0.25) is 0 Å². The van der Waals surface area contributed by atoms with Crippen molar-refractivity contribution < 1.29 is 0 Å². The van der Waals surface area contributed by atoms with E-state index >= 15 is 0 Å². The zero-order valence-corrected chi connectivity index (χ0v) is 65.3. The summed E-state index contributed by atoms with van der Waals surface area (Å²) in [5, 5.41) is 0. The maximum atomic E-state index is 2.76. The van der Waals surface area contributed by atoms with Crippen LogP contribution >= 0.6 is 0 Å². The molecule has 0 N–H and O–H groups in total. The van der Waals surface area contributed by atoms with E-state index < -0.39 is 5.41 Å². The molecule has 2 aliphatic heterocycles. The summed E-state index contributed by atoms with van der Waals surface area (Å²) >= 11 is 0. The van der Waals surface area contributed by atoms with Crippen LogP contribution in [0.2, 0.25) is 0 Å². The second kappa shape index (κ2) is 27.3. The van der Waals surface area contributed by atoms with Crippen LogP contribution < -0.4 is 26.2 Å². The van der Waals surface area contributed by atoms with E-state index in [1.54, 1.807) is 0 Å². The Morgan fingerprint density at radius 2 is 0.598 bits per heavy atom. The number of anilines is 6. The molecule has 2 nitrogen and oxygen atoms in total. The number of hydrogen-bond acceptors (Lipinski definition) is 2. The summed E-state index contributed by atoms with van der Waals surface area (Å²) in [5.41, 5.74) is 39.0. The van der Waals surface area contributed by atoms with Crippen molar-refractivity contribution in [2.45, 2.75) is 84.0 Å². The molecule has 0 unspecified atom stereocenters. The first-order valence-corrected chi connectivity index (χ1v) is 39.7. The van der Waals surface area contributed by atoms with Crippen molar-refractivity contribution in [1.29, 1.82) is 0 Å². The summed E-state index contributed by atoms with van der Waals surface area (Å²) in [6, 6.07) is 144. The molecule has 112 heavy (non-hydrogen) atoms. The van der Waals surface area contributed by atoms with E-state index in [0.717, 1.165) is 106 Å². The highest BCUT2D eigenvalue weighted by Crippen LogP contribution is 2.61. The topological polar surface area (TPSA) is 6.48 Å². The van der Waals surface area contributed by atoms with Gasteiger partial charge in [-0.05, 0) is 186 Å². The molecule has 0 amide bonds. The molecular formula is C109H89BN2. The van der Waals surface area contributed by atoms with E-state index in [2.05, 4.69) is 448 Å². The second-order valence-electron chi connectivity index (χ2n) is 33.9. The molecule has 0 saturated heterocycles. The van der Waals surface area contributed by atoms with E-state index in [1.165, 1.54) is 83.1 Å². The van der Waals surface area contributed by atoms with Gasteiger partial charge in [0.05, 0.1) is 16.8 Å². The highest BCUT2D eigenvalue weighted by atomic mass is 15.2. The molecule has 0 fully saturated rings. The van der Waals surface area contributed by atoms with Crippen LogP contribution in [0.5, 0.6) is 0 Å².